The van der Waals surface area contributed by atoms with Crippen molar-refractivity contribution in [3.8, 4) is 22.5 Å². The van der Waals surface area contributed by atoms with Crippen molar-refractivity contribution in [2.24, 2.45) is 0 Å². The normalized spacial score (nSPS) is 15.8. The fourth-order valence-corrected chi connectivity index (χ4v) is 8.30. The molecule has 7 rings (SSSR count). The van der Waals surface area contributed by atoms with E-state index >= 15 is 4.39 Å². The molecule has 16 heteroatoms. The zero-order valence-electron chi connectivity index (χ0n) is 29.4. The molecule has 5 aromatic rings. The van der Waals surface area contributed by atoms with Gasteiger partial charge < -0.3 is 19.9 Å². The van der Waals surface area contributed by atoms with Crippen LogP contribution < -0.4 is 14.5 Å². The van der Waals surface area contributed by atoms with E-state index in [1.807, 2.05) is 23.0 Å². The molecule has 2 aliphatic rings. The summed E-state index contributed by atoms with van der Waals surface area (Å²) in [6, 6.07) is 12.5. The van der Waals surface area contributed by atoms with Gasteiger partial charge in [0.25, 0.3) is 10.0 Å². The van der Waals surface area contributed by atoms with E-state index < -0.39 is 44.8 Å². The predicted molar refractivity (Wildman–Crippen MR) is 196 cm³/mol. The van der Waals surface area contributed by atoms with Gasteiger partial charge in [0.1, 0.15) is 29.9 Å². The van der Waals surface area contributed by atoms with Gasteiger partial charge in [0, 0.05) is 56.8 Å². The van der Waals surface area contributed by atoms with Crippen molar-refractivity contribution in [1.82, 2.24) is 29.6 Å². The van der Waals surface area contributed by atoms with Crippen LogP contribution in [0.5, 0.6) is 0 Å². The van der Waals surface area contributed by atoms with Crippen molar-refractivity contribution in [3.05, 3.63) is 90.6 Å². The first-order chi connectivity index (χ1) is 25.6. The van der Waals surface area contributed by atoms with Crippen molar-refractivity contribution < 1.29 is 26.3 Å². The van der Waals surface area contributed by atoms with Crippen molar-refractivity contribution >= 4 is 33.2 Å². The zero-order valence-corrected chi connectivity index (χ0v) is 30.2. The third kappa shape index (κ3) is 7.57. The molecule has 1 aliphatic carbocycles. The summed E-state index contributed by atoms with van der Waals surface area (Å²) in [6.07, 6.45) is 10.1. The summed E-state index contributed by atoms with van der Waals surface area (Å²) in [5.41, 5.74) is 1.33. The number of hydrogen-bond donors (Lipinski definition) is 1. The van der Waals surface area contributed by atoms with Crippen LogP contribution in [0.4, 0.5) is 36.3 Å². The summed E-state index contributed by atoms with van der Waals surface area (Å²) in [7, 11) is -1.66. The molecule has 0 atom stereocenters. The highest BCUT2D eigenvalue weighted by atomic mass is 32.2. The average molecular weight is 748 g/mol. The topological polar surface area (TPSA) is 122 Å². The van der Waals surface area contributed by atoms with Gasteiger partial charge in [-0.3, -0.25) is 4.68 Å². The summed E-state index contributed by atoms with van der Waals surface area (Å²) in [6.45, 7) is 3.01. The molecule has 0 radical (unpaired) electrons. The van der Waals surface area contributed by atoms with Crippen LogP contribution in [0.1, 0.15) is 38.1 Å². The number of nitrogens with zero attached hydrogens (tertiary/aromatic N) is 8. The lowest BCUT2D eigenvalue weighted by molar-refractivity contribution is 0.209. The number of anilines is 4. The molecule has 0 amide bonds. The Kier molecular flexibility index (Phi) is 10.6. The van der Waals surface area contributed by atoms with Crippen LogP contribution in [0.2, 0.25) is 0 Å². The minimum atomic E-state index is -4.97. The highest BCUT2D eigenvalue weighted by molar-refractivity contribution is 7.92. The second-order valence-electron chi connectivity index (χ2n) is 13.2. The maximum absolute atomic E-state index is 16.8. The Morgan fingerprint density at radius 2 is 1.64 bits per heavy atom. The third-order valence-corrected chi connectivity index (χ3v) is 11.4. The fraction of sp³-hybridized carbons (Fsp3) is 0.351. The number of hydrogen-bond acceptors (Lipinski definition) is 10. The van der Waals surface area contributed by atoms with Crippen molar-refractivity contribution in [2.75, 3.05) is 61.6 Å². The molecular weight excluding hydrogens is 708 g/mol. The SMILES string of the molecule is COCN(c1cccc(-c2nn(C3CCCCC3)cc2-c2ccnc(Nc3ccc(N4CCN(C)CC4)nc3)n2)c1F)S(=O)(=O)c1c(F)cccc1F. The van der Waals surface area contributed by atoms with E-state index in [2.05, 4.69) is 32.1 Å². The van der Waals surface area contributed by atoms with Crippen LogP contribution in [-0.4, -0.2) is 85.1 Å². The summed E-state index contributed by atoms with van der Waals surface area (Å²) in [5.74, 6) is -2.43. The van der Waals surface area contributed by atoms with Crippen LogP contribution in [0, 0.1) is 17.5 Å². The number of pyridine rings is 1. The molecule has 1 aliphatic heterocycles. The number of methoxy groups -OCH3 is 1. The van der Waals surface area contributed by atoms with Gasteiger partial charge in [0.2, 0.25) is 5.95 Å². The molecule has 1 saturated carbocycles. The Morgan fingerprint density at radius 1 is 0.906 bits per heavy atom. The Hall–Kier alpha value is -5.06. The fourth-order valence-electron chi connectivity index (χ4n) is 6.81. The van der Waals surface area contributed by atoms with E-state index in [1.165, 1.54) is 25.3 Å². The monoisotopic (exact) mass is 747 g/mol. The first kappa shape index (κ1) is 36.3. The number of benzene rings is 2. The van der Waals surface area contributed by atoms with Crippen molar-refractivity contribution in [2.45, 2.75) is 43.0 Å². The maximum Gasteiger partial charge on any atom is 0.272 e. The van der Waals surface area contributed by atoms with E-state index in [4.69, 9.17) is 14.8 Å². The molecule has 53 heavy (non-hydrogen) atoms. The van der Waals surface area contributed by atoms with Crippen LogP contribution in [0.15, 0.2) is 78.1 Å². The lowest BCUT2D eigenvalue weighted by atomic mass is 9.96. The summed E-state index contributed by atoms with van der Waals surface area (Å²) < 4.78 is 81.2. The number of sulfonamides is 1. The smallest absolute Gasteiger partial charge is 0.272 e. The number of nitrogens with one attached hydrogen (secondary N) is 1. The van der Waals surface area contributed by atoms with Crippen LogP contribution in [0.25, 0.3) is 22.5 Å². The molecular formula is C37H40F3N9O3S. The molecule has 0 bridgehead atoms. The first-order valence-electron chi connectivity index (χ1n) is 17.5. The van der Waals surface area contributed by atoms with Gasteiger partial charge in [-0.25, -0.2) is 40.8 Å². The van der Waals surface area contributed by atoms with Gasteiger partial charge >= 0.3 is 0 Å². The van der Waals surface area contributed by atoms with Gasteiger partial charge in [-0.15, -0.1) is 0 Å². The Labute approximate surface area is 306 Å². The van der Waals surface area contributed by atoms with E-state index in [9.17, 15) is 17.2 Å². The van der Waals surface area contributed by atoms with Gasteiger partial charge in [0.15, 0.2) is 10.7 Å². The summed E-state index contributed by atoms with van der Waals surface area (Å²) in [5, 5.41) is 8.08. The molecule has 1 N–H and O–H groups in total. The van der Waals surface area contributed by atoms with Crippen LogP contribution in [0.3, 0.4) is 0 Å². The lowest BCUT2D eigenvalue weighted by Crippen LogP contribution is -2.44. The largest absolute Gasteiger partial charge is 0.363 e. The second-order valence-corrected chi connectivity index (χ2v) is 15.0. The number of ether oxygens (including phenoxy) is 1. The standard InChI is InChI=1S/C37H40F3N9O3S/c1-46-18-20-47(21-19-46)33-15-14-25(22-42-33)43-37-41-17-16-31(44-37)28-23-48(26-8-4-3-5-9-26)45-35(28)27-10-6-13-32(34(27)40)49(24-52-2)53(50,51)36-29(38)11-7-12-30(36)39/h6-7,10-17,22-23,26H,3-5,8-9,18-21,24H2,1-2H3,(H,41,43,44). The molecule has 278 valence electrons. The highest BCUT2D eigenvalue weighted by Crippen LogP contribution is 2.39. The summed E-state index contributed by atoms with van der Waals surface area (Å²) in [4.78, 5) is 17.1. The first-order valence-corrected chi connectivity index (χ1v) is 18.9. The number of rotatable bonds is 11. The number of piperazine rings is 1. The Balaban J connectivity index is 1.25. The van der Waals surface area contributed by atoms with E-state index in [-0.39, 0.29) is 23.2 Å². The lowest BCUT2D eigenvalue weighted by Gasteiger charge is -2.33. The van der Waals surface area contributed by atoms with E-state index in [0.717, 1.165) is 82.3 Å². The van der Waals surface area contributed by atoms with Crippen molar-refractivity contribution in [1.29, 1.82) is 0 Å². The molecule has 2 fully saturated rings. The predicted octanol–water partition coefficient (Wildman–Crippen LogP) is 6.62. The quantitative estimate of drug-likeness (QED) is 0.148. The summed E-state index contributed by atoms with van der Waals surface area (Å²) >= 11 is 0. The Bertz CT molecular complexity index is 2150. The van der Waals surface area contributed by atoms with Gasteiger partial charge in [0.05, 0.1) is 29.3 Å². The van der Waals surface area contributed by atoms with E-state index in [0.29, 0.717) is 21.2 Å². The molecule has 4 heterocycles. The number of halogens is 3. The Morgan fingerprint density at radius 3 is 2.34 bits per heavy atom. The number of likely N-dealkylation sites (N-methyl/N-ethyl adjacent to an activating group) is 1. The second kappa shape index (κ2) is 15.5. The van der Waals surface area contributed by atoms with Gasteiger partial charge in [-0.05, 0) is 62.4 Å². The minimum Gasteiger partial charge on any atom is -0.363 e. The van der Waals surface area contributed by atoms with E-state index in [1.54, 1.807) is 18.5 Å². The molecule has 2 aromatic carbocycles. The molecule has 12 nitrogen and oxygen atoms in total. The molecule has 3 aromatic heterocycles. The van der Waals surface area contributed by atoms with Gasteiger partial charge in [-0.2, -0.15) is 5.10 Å². The maximum atomic E-state index is 16.8. The van der Waals surface area contributed by atoms with Crippen molar-refractivity contribution in [3.63, 3.8) is 0 Å². The number of aromatic nitrogens is 5. The third-order valence-electron chi connectivity index (χ3n) is 9.66. The zero-order chi connectivity index (χ0) is 37.1. The average Bonchev–Trinajstić information content (AvgIpc) is 3.61. The molecule has 0 spiro atoms. The minimum absolute atomic E-state index is 0.0332. The van der Waals surface area contributed by atoms with Crippen LogP contribution in [-0.2, 0) is 14.8 Å². The highest BCUT2D eigenvalue weighted by Gasteiger charge is 2.34. The van der Waals surface area contributed by atoms with Gasteiger partial charge in [-0.1, -0.05) is 31.4 Å². The molecule has 1 saturated heterocycles. The molecule has 0 unspecified atom stereocenters. The van der Waals surface area contributed by atoms with Crippen LogP contribution >= 0.6 is 0 Å².